The highest BCUT2D eigenvalue weighted by Gasteiger charge is 2.24. The van der Waals surface area contributed by atoms with Gasteiger partial charge in [-0.2, -0.15) is 0 Å². The predicted molar refractivity (Wildman–Crippen MR) is 69.5 cm³/mol. The minimum Gasteiger partial charge on any atom is -0.495 e. The highest BCUT2D eigenvalue weighted by atomic mass is 16.5. The van der Waals surface area contributed by atoms with E-state index < -0.39 is 0 Å². The number of aromatic nitrogens is 1. The first kappa shape index (κ1) is 12.4. The Balaban J connectivity index is 1.95. The van der Waals surface area contributed by atoms with Gasteiger partial charge in [0.1, 0.15) is 5.75 Å². The molecule has 3 nitrogen and oxygen atoms in total. The number of hydrogen-bond donors (Lipinski definition) is 1. The van der Waals surface area contributed by atoms with Crippen molar-refractivity contribution in [3.8, 4) is 5.75 Å². The number of nitrogens with one attached hydrogen (secondary N) is 1. The van der Waals surface area contributed by atoms with Gasteiger partial charge in [-0.15, -0.1) is 0 Å². The first-order valence-electron chi connectivity index (χ1n) is 6.35. The fourth-order valence-corrected chi connectivity index (χ4v) is 1.92. The number of methoxy groups -OCH3 is 1. The average molecular weight is 234 g/mol. The van der Waals surface area contributed by atoms with Crippen molar-refractivity contribution in [1.29, 1.82) is 0 Å². The number of hydrogen-bond acceptors (Lipinski definition) is 3. The molecule has 0 spiro atoms. The lowest BCUT2D eigenvalue weighted by molar-refractivity contribution is 0.406. The fourth-order valence-electron chi connectivity index (χ4n) is 1.92. The van der Waals surface area contributed by atoms with Crippen molar-refractivity contribution in [2.24, 2.45) is 0 Å². The molecule has 0 radical (unpaired) electrons. The van der Waals surface area contributed by atoms with Crippen molar-refractivity contribution in [3.05, 3.63) is 24.0 Å². The standard InChI is InChI=1S/C14H22N2O/c1-14(2,6-7-16-12-4-5-12)11-8-13(17-3)10-15-9-11/h8-10,12,16H,4-7H2,1-3H3. The van der Waals surface area contributed by atoms with Crippen LogP contribution in [0.1, 0.15) is 38.7 Å². The van der Waals surface area contributed by atoms with Crippen LogP contribution < -0.4 is 10.1 Å². The summed E-state index contributed by atoms with van der Waals surface area (Å²) < 4.78 is 5.22. The third-order valence-corrected chi connectivity index (χ3v) is 3.49. The Morgan fingerprint density at radius 2 is 2.18 bits per heavy atom. The largest absolute Gasteiger partial charge is 0.495 e. The highest BCUT2D eigenvalue weighted by molar-refractivity contribution is 5.28. The second-order valence-electron chi connectivity index (χ2n) is 5.48. The normalized spacial score (nSPS) is 15.9. The second kappa shape index (κ2) is 5.05. The molecule has 2 rings (SSSR count). The summed E-state index contributed by atoms with van der Waals surface area (Å²) >= 11 is 0. The van der Waals surface area contributed by atoms with Crippen LogP contribution in [-0.4, -0.2) is 24.7 Å². The molecule has 1 aliphatic rings. The van der Waals surface area contributed by atoms with Crippen molar-refractivity contribution < 1.29 is 4.74 Å². The van der Waals surface area contributed by atoms with Gasteiger partial charge in [0.2, 0.25) is 0 Å². The molecule has 1 saturated carbocycles. The second-order valence-corrected chi connectivity index (χ2v) is 5.48. The molecule has 0 atom stereocenters. The Hall–Kier alpha value is -1.09. The van der Waals surface area contributed by atoms with E-state index in [1.54, 1.807) is 13.3 Å². The summed E-state index contributed by atoms with van der Waals surface area (Å²) in [6.45, 7) is 5.60. The van der Waals surface area contributed by atoms with Crippen LogP contribution in [0, 0.1) is 0 Å². The molecule has 0 saturated heterocycles. The first-order chi connectivity index (χ1) is 8.12. The summed E-state index contributed by atoms with van der Waals surface area (Å²) in [5.74, 6) is 0.839. The van der Waals surface area contributed by atoms with Crippen molar-refractivity contribution in [2.75, 3.05) is 13.7 Å². The van der Waals surface area contributed by atoms with Crippen LogP contribution >= 0.6 is 0 Å². The molecule has 3 heteroatoms. The molecule has 0 aromatic carbocycles. The molecule has 1 aromatic rings. The van der Waals surface area contributed by atoms with Gasteiger partial charge in [0.25, 0.3) is 0 Å². The van der Waals surface area contributed by atoms with Gasteiger partial charge in [0, 0.05) is 12.2 Å². The van der Waals surface area contributed by atoms with Crippen LogP contribution in [-0.2, 0) is 5.41 Å². The topological polar surface area (TPSA) is 34.1 Å². The molecule has 1 heterocycles. The maximum Gasteiger partial charge on any atom is 0.137 e. The Labute approximate surface area is 104 Å². The van der Waals surface area contributed by atoms with Crippen molar-refractivity contribution in [3.63, 3.8) is 0 Å². The van der Waals surface area contributed by atoms with E-state index in [4.69, 9.17) is 4.74 Å². The molecule has 0 bridgehead atoms. The van der Waals surface area contributed by atoms with Gasteiger partial charge in [0.05, 0.1) is 13.3 Å². The van der Waals surface area contributed by atoms with Gasteiger partial charge < -0.3 is 10.1 Å². The average Bonchev–Trinajstić information content (AvgIpc) is 3.13. The van der Waals surface area contributed by atoms with Crippen molar-refractivity contribution >= 4 is 0 Å². The summed E-state index contributed by atoms with van der Waals surface area (Å²) in [6.07, 6.45) is 7.52. The lowest BCUT2D eigenvalue weighted by Gasteiger charge is -2.25. The Bertz CT molecular complexity index is 372. The van der Waals surface area contributed by atoms with Crippen molar-refractivity contribution in [2.45, 2.75) is 44.6 Å². The van der Waals surface area contributed by atoms with Crippen LogP contribution in [0.25, 0.3) is 0 Å². The van der Waals surface area contributed by atoms with Crippen LogP contribution in [0.15, 0.2) is 18.5 Å². The Morgan fingerprint density at radius 3 is 2.82 bits per heavy atom. The fraction of sp³-hybridized carbons (Fsp3) is 0.643. The van der Waals surface area contributed by atoms with Gasteiger partial charge in [-0.25, -0.2) is 0 Å². The molecule has 17 heavy (non-hydrogen) atoms. The number of rotatable bonds is 6. The summed E-state index contributed by atoms with van der Waals surface area (Å²) in [5.41, 5.74) is 1.39. The lowest BCUT2D eigenvalue weighted by Crippen LogP contribution is -2.26. The summed E-state index contributed by atoms with van der Waals surface area (Å²) in [7, 11) is 1.68. The van der Waals surface area contributed by atoms with E-state index in [9.17, 15) is 0 Å². The first-order valence-corrected chi connectivity index (χ1v) is 6.35. The van der Waals surface area contributed by atoms with Crippen LogP contribution in [0.2, 0.25) is 0 Å². The molecule has 1 aliphatic carbocycles. The number of nitrogens with zero attached hydrogens (tertiary/aromatic N) is 1. The Morgan fingerprint density at radius 1 is 1.41 bits per heavy atom. The minimum atomic E-state index is 0.142. The van der Waals surface area contributed by atoms with Crippen molar-refractivity contribution in [1.82, 2.24) is 10.3 Å². The molecule has 0 aliphatic heterocycles. The van der Waals surface area contributed by atoms with Gasteiger partial charge in [0.15, 0.2) is 0 Å². The monoisotopic (exact) mass is 234 g/mol. The van der Waals surface area contributed by atoms with Gasteiger partial charge in [-0.1, -0.05) is 13.8 Å². The smallest absolute Gasteiger partial charge is 0.137 e. The molecular weight excluding hydrogens is 212 g/mol. The zero-order valence-electron chi connectivity index (χ0n) is 11.0. The molecule has 1 fully saturated rings. The van der Waals surface area contributed by atoms with E-state index in [2.05, 4.69) is 30.2 Å². The highest BCUT2D eigenvalue weighted by Crippen LogP contribution is 2.29. The molecule has 1 N–H and O–H groups in total. The summed E-state index contributed by atoms with van der Waals surface area (Å²) in [4.78, 5) is 4.23. The van der Waals surface area contributed by atoms with Gasteiger partial charge in [-0.05, 0) is 42.9 Å². The molecule has 1 aromatic heterocycles. The van der Waals surface area contributed by atoms with Gasteiger partial charge in [-0.3, -0.25) is 4.98 Å². The minimum absolute atomic E-state index is 0.142. The maximum atomic E-state index is 5.22. The summed E-state index contributed by atoms with van der Waals surface area (Å²) in [5, 5.41) is 3.56. The number of pyridine rings is 1. The van der Waals surface area contributed by atoms with E-state index in [-0.39, 0.29) is 5.41 Å². The summed E-state index contributed by atoms with van der Waals surface area (Å²) in [6, 6.07) is 2.87. The lowest BCUT2D eigenvalue weighted by atomic mass is 9.82. The molecule has 0 amide bonds. The molecule has 0 unspecified atom stereocenters. The SMILES string of the molecule is COc1cncc(C(C)(C)CCNC2CC2)c1. The van der Waals surface area contributed by atoms with E-state index in [0.29, 0.717) is 0 Å². The van der Waals surface area contributed by atoms with Gasteiger partial charge >= 0.3 is 0 Å². The Kier molecular flexibility index (Phi) is 3.67. The van der Waals surface area contributed by atoms with E-state index in [1.165, 1.54) is 18.4 Å². The van der Waals surface area contributed by atoms with Crippen LogP contribution in [0.3, 0.4) is 0 Å². The van der Waals surface area contributed by atoms with E-state index in [0.717, 1.165) is 24.8 Å². The third kappa shape index (κ3) is 3.43. The molecular formula is C14H22N2O. The predicted octanol–water partition coefficient (Wildman–Crippen LogP) is 2.51. The molecule has 94 valence electrons. The third-order valence-electron chi connectivity index (χ3n) is 3.49. The zero-order valence-corrected chi connectivity index (χ0v) is 11.0. The zero-order chi connectivity index (χ0) is 12.3. The van der Waals surface area contributed by atoms with Crippen LogP contribution in [0.5, 0.6) is 5.75 Å². The van der Waals surface area contributed by atoms with Crippen LogP contribution in [0.4, 0.5) is 0 Å². The maximum absolute atomic E-state index is 5.22. The van der Waals surface area contributed by atoms with E-state index in [1.807, 2.05) is 6.20 Å². The number of ether oxygens (including phenoxy) is 1. The van der Waals surface area contributed by atoms with E-state index >= 15 is 0 Å². The quantitative estimate of drug-likeness (QED) is 0.821.